The summed E-state index contributed by atoms with van der Waals surface area (Å²) >= 11 is 0. The number of methoxy groups -OCH3 is 2. The first-order valence-electron chi connectivity index (χ1n) is 6.45. The molecule has 1 rings (SSSR count). The normalized spacial score (nSPS) is 32.7. The van der Waals surface area contributed by atoms with Crippen molar-refractivity contribution in [3.8, 4) is 0 Å². The lowest BCUT2D eigenvalue weighted by molar-refractivity contribution is -0.142. The highest BCUT2D eigenvalue weighted by atomic mass is 16.5. The van der Waals surface area contributed by atoms with Crippen LogP contribution < -0.4 is 0 Å². The van der Waals surface area contributed by atoms with Gasteiger partial charge in [0.05, 0.1) is 18.8 Å². The maximum absolute atomic E-state index is 11.0. The zero-order valence-electron chi connectivity index (χ0n) is 12.6. The molecule has 1 aliphatic carbocycles. The van der Waals surface area contributed by atoms with Gasteiger partial charge in [0.15, 0.2) is 0 Å². The summed E-state index contributed by atoms with van der Waals surface area (Å²) in [5, 5.41) is 0. The average molecular weight is 258 g/mol. The van der Waals surface area contributed by atoms with E-state index in [0.29, 0.717) is 6.61 Å². The smallest absolute Gasteiger partial charge is 0.302 e. The number of hydrogen-bond acceptors (Lipinski definition) is 4. The van der Waals surface area contributed by atoms with Gasteiger partial charge < -0.3 is 14.2 Å². The summed E-state index contributed by atoms with van der Waals surface area (Å²) in [6, 6.07) is 0. The fourth-order valence-corrected chi connectivity index (χ4v) is 3.82. The minimum atomic E-state index is -0.235. The van der Waals surface area contributed by atoms with Crippen LogP contribution in [0.25, 0.3) is 0 Å². The Morgan fingerprint density at radius 2 is 1.61 bits per heavy atom. The van der Waals surface area contributed by atoms with Crippen molar-refractivity contribution in [2.75, 3.05) is 20.8 Å². The summed E-state index contributed by atoms with van der Waals surface area (Å²) in [4.78, 5) is 11.0. The van der Waals surface area contributed by atoms with Gasteiger partial charge in [-0.15, -0.1) is 0 Å². The van der Waals surface area contributed by atoms with Crippen molar-refractivity contribution in [3.05, 3.63) is 0 Å². The number of hydrogen-bond donors (Lipinski definition) is 0. The molecule has 18 heavy (non-hydrogen) atoms. The Bertz CT molecular complexity index is 301. The molecule has 0 radical (unpaired) electrons. The Balaban J connectivity index is 2.94. The van der Waals surface area contributed by atoms with E-state index in [9.17, 15) is 4.79 Å². The SMILES string of the molecule is COC(C)C1(C(C)OC)C(COC(C)=O)C1(C)C. The van der Waals surface area contributed by atoms with Crippen LogP contribution in [0, 0.1) is 16.7 Å². The first-order valence-corrected chi connectivity index (χ1v) is 6.45. The second kappa shape index (κ2) is 5.17. The quantitative estimate of drug-likeness (QED) is 0.686. The van der Waals surface area contributed by atoms with Gasteiger partial charge >= 0.3 is 5.97 Å². The van der Waals surface area contributed by atoms with E-state index < -0.39 is 0 Å². The number of esters is 1. The van der Waals surface area contributed by atoms with E-state index in [1.54, 1.807) is 14.2 Å². The molecule has 0 heterocycles. The van der Waals surface area contributed by atoms with Crippen LogP contribution in [0.1, 0.15) is 34.6 Å². The molecule has 0 saturated heterocycles. The van der Waals surface area contributed by atoms with Gasteiger partial charge in [-0.05, 0) is 19.3 Å². The van der Waals surface area contributed by atoms with Crippen molar-refractivity contribution in [2.24, 2.45) is 16.7 Å². The fraction of sp³-hybridized carbons (Fsp3) is 0.929. The minimum absolute atomic E-state index is 0.0350. The van der Waals surface area contributed by atoms with Gasteiger partial charge in [0.25, 0.3) is 0 Å². The molecule has 1 saturated carbocycles. The Kier molecular flexibility index (Phi) is 4.44. The summed E-state index contributed by atoms with van der Waals surface area (Å²) in [6.45, 7) is 10.4. The van der Waals surface area contributed by atoms with Crippen molar-refractivity contribution in [1.29, 1.82) is 0 Å². The first kappa shape index (κ1) is 15.4. The summed E-state index contributed by atoms with van der Waals surface area (Å²) in [7, 11) is 3.43. The molecule has 4 heteroatoms. The predicted molar refractivity (Wildman–Crippen MR) is 69.3 cm³/mol. The van der Waals surface area contributed by atoms with Crippen molar-refractivity contribution < 1.29 is 19.0 Å². The average Bonchev–Trinajstić information content (AvgIpc) is 2.81. The number of carbonyl (C=O) groups is 1. The van der Waals surface area contributed by atoms with Gasteiger partial charge in [0, 0.05) is 32.5 Å². The molecule has 0 amide bonds. The molecule has 3 atom stereocenters. The van der Waals surface area contributed by atoms with Gasteiger partial charge in [0.2, 0.25) is 0 Å². The lowest BCUT2D eigenvalue weighted by Gasteiger charge is -2.32. The van der Waals surface area contributed by atoms with E-state index in [4.69, 9.17) is 14.2 Å². The highest BCUT2D eigenvalue weighted by molar-refractivity contribution is 5.66. The van der Waals surface area contributed by atoms with Gasteiger partial charge in [-0.1, -0.05) is 13.8 Å². The van der Waals surface area contributed by atoms with E-state index in [0.717, 1.165) is 0 Å². The molecule has 1 fully saturated rings. The van der Waals surface area contributed by atoms with Gasteiger partial charge in [0.1, 0.15) is 0 Å². The zero-order chi connectivity index (χ0) is 14.1. The van der Waals surface area contributed by atoms with Crippen LogP contribution in [0.3, 0.4) is 0 Å². The molecular weight excluding hydrogens is 232 g/mol. The Morgan fingerprint density at radius 1 is 1.17 bits per heavy atom. The Labute approximate surface area is 110 Å². The van der Waals surface area contributed by atoms with Gasteiger partial charge in [-0.2, -0.15) is 0 Å². The predicted octanol–water partition coefficient (Wildman–Crippen LogP) is 2.26. The number of ether oxygens (including phenoxy) is 3. The summed E-state index contributed by atoms with van der Waals surface area (Å²) < 4.78 is 16.3. The third-order valence-corrected chi connectivity index (χ3v) is 4.99. The molecular formula is C14H26O4. The van der Waals surface area contributed by atoms with Crippen molar-refractivity contribution in [3.63, 3.8) is 0 Å². The largest absolute Gasteiger partial charge is 0.466 e. The van der Waals surface area contributed by atoms with Crippen molar-refractivity contribution in [1.82, 2.24) is 0 Å². The van der Waals surface area contributed by atoms with Crippen LogP contribution in [0.4, 0.5) is 0 Å². The summed E-state index contributed by atoms with van der Waals surface area (Å²) in [5.74, 6) is 0.0283. The van der Waals surface area contributed by atoms with Crippen LogP contribution in [-0.4, -0.2) is 39.0 Å². The Hall–Kier alpha value is -0.610. The molecule has 0 aliphatic heterocycles. The second-order valence-corrected chi connectivity index (χ2v) is 5.77. The van der Waals surface area contributed by atoms with Crippen LogP contribution in [0.5, 0.6) is 0 Å². The maximum atomic E-state index is 11.0. The molecule has 0 aromatic rings. The lowest BCUT2D eigenvalue weighted by atomic mass is 9.85. The molecule has 106 valence electrons. The number of rotatable bonds is 6. The molecule has 0 bridgehead atoms. The topological polar surface area (TPSA) is 44.8 Å². The second-order valence-electron chi connectivity index (χ2n) is 5.77. The first-order chi connectivity index (χ1) is 8.26. The highest BCUT2D eigenvalue weighted by Crippen LogP contribution is 2.73. The van der Waals surface area contributed by atoms with Crippen LogP contribution in [0.2, 0.25) is 0 Å². The lowest BCUT2D eigenvalue weighted by Crippen LogP contribution is -2.38. The molecule has 0 spiro atoms. The van der Waals surface area contributed by atoms with E-state index in [2.05, 4.69) is 27.7 Å². The maximum Gasteiger partial charge on any atom is 0.302 e. The zero-order valence-corrected chi connectivity index (χ0v) is 12.6. The monoisotopic (exact) mass is 258 g/mol. The third-order valence-electron chi connectivity index (χ3n) is 4.99. The highest BCUT2D eigenvalue weighted by Gasteiger charge is 2.76. The number of carbonyl (C=O) groups excluding carboxylic acids is 1. The molecule has 3 unspecified atom stereocenters. The van der Waals surface area contributed by atoms with Gasteiger partial charge in [-0.3, -0.25) is 4.79 Å². The summed E-state index contributed by atoms with van der Waals surface area (Å²) in [6.07, 6.45) is 0.117. The molecule has 1 aliphatic rings. The standard InChI is InChI=1S/C14H26O4/c1-9(16-6)14(10(2)17-7)12(13(14,4)5)8-18-11(3)15/h9-10,12H,8H2,1-7H3. The van der Waals surface area contributed by atoms with Crippen molar-refractivity contribution in [2.45, 2.75) is 46.8 Å². The van der Waals surface area contributed by atoms with Crippen LogP contribution in [-0.2, 0) is 19.0 Å². The van der Waals surface area contributed by atoms with Crippen molar-refractivity contribution >= 4 is 5.97 Å². The molecule has 0 aromatic heterocycles. The van der Waals surface area contributed by atoms with E-state index in [1.807, 2.05) is 0 Å². The Morgan fingerprint density at radius 3 is 1.94 bits per heavy atom. The molecule has 0 aromatic carbocycles. The molecule has 0 N–H and O–H groups in total. The van der Waals surface area contributed by atoms with E-state index in [1.165, 1.54) is 6.92 Å². The van der Waals surface area contributed by atoms with E-state index >= 15 is 0 Å². The van der Waals surface area contributed by atoms with E-state index in [-0.39, 0.29) is 34.9 Å². The van der Waals surface area contributed by atoms with Gasteiger partial charge in [-0.25, -0.2) is 0 Å². The third kappa shape index (κ3) is 2.05. The van der Waals surface area contributed by atoms with Crippen LogP contribution >= 0.6 is 0 Å². The minimum Gasteiger partial charge on any atom is -0.466 e. The fourth-order valence-electron chi connectivity index (χ4n) is 3.82. The molecule has 4 nitrogen and oxygen atoms in total. The van der Waals surface area contributed by atoms with Crippen LogP contribution in [0.15, 0.2) is 0 Å². The summed E-state index contributed by atoms with van der Waals surface area (Å²) in [5.41, 5.74) is -0.0702.